The fraction of sp³-hybridized carbons (Fsp3) is 0.214. The number of aryl methyl sites for hydroxylation is 1. The first kappa shape index (κ1) is 15.0. The van der Waals surface area contributed by atoms with E-state index in [1.807, 2.05) is 0 Å². The molecule has 1 aromatic carbocycles. The lowest BCUT2D eigenvalue weighted by molar-refractivity contribution is 0.0531. The molecule has 0 aliphatic carbocycles. The number of anilines is 1. The van der Waals surface area contributed by atoms with Gasteiger partial charge in [0.1, 0.15) is 10.6 Å². The molecule has 0 aliphatic rings. The Morgan fingerprint density at radius 1 is 1.33 bits per heavy atom. The highest BCUT2D eigenvalue weighted by atomic mass is 32.1. The third-order valence-corrected chi connectivity index (χ3v) is 3.66. The highest BCUT2D eigenvalue weighted by molar-refractivity contribution is 7.17. The first-order valence-electron chi connectivity index (χ1n) is 6.26. The maximum Gasteiger partial charge on any atom is 0.350 e. The van der Waals surface area contributed by atoms with Gasteiger partial charge in [-0.25, -0.2) is 9.78 Å². The molecule has 7 heteroatoms. The van der Waals surface area contributed by atoms with Crippen LogP contribution in [0.25, 0.3) is 0 Å². The summed E-state index contributed by atoms with van der Waals surface area (Å²) in [6, 6.07) is 5.84. The van der Waals surface area contributed by atoms with Crippen molar-refractivity contribution in [1.82, 2.24) is 4.98 Å². The molecule has 0 aliphatic heterocycles. The lowest BCUT2D eigenvalue weighted by Gasteiger charge is -2.01. The average molecular weight is 306 g/mol. The maximum absolute atomic E-state index is 12.0. The van der Waals surface area contributed by atoms with E-state index in [-0.39, 0.29) is 18.3 Å². The Kier molecular flexibility index (Phi) is 4.54. The summed E-state index contributed by atoms with van der Waals surface area (Å²) in [4.78, 5) is 28.2. The van der Waals surface area contributed by atoms with E-state index < -0.39 is 5.97 Å². The van der Waals surface area contributed by atoms with Crippen LogP contribution in [0.5, 0.6) is 5.75 Å². The van der Waals surface area contributed by atoms with Crippen LogP contribution in [0, 0.1) is 6.92 Å². The molecule has 0 fully saturated rings. The van der Waals surface area contributed by atoms with Gasteiger partial charge in [-0.15, -0.1) is 0 Å². The Labute approximate surface area is 125 Å². The van der Waals surface area contributed by atoms with Crippen molar-refractivity contribution in [3.05, 3.63) is 40.4 Å². The number of hydrogen-bond acceptors (Lipinski definition) is 6. The SMILES string of the molecule is CCOC(=O)c1sc(NC(=O)c2ccc(O)cc2)nc1C. The molecule has 1 aromatic heterocycles. The summed E-state index contributed by atoms with van der Waals surface area (Å²) in [5.74, 6) is -0.724. The van der Waals surface area contributed by atoms with Gasteiger partial charge in [-0.3, -0.25) is 10.1 Å². The second-order valence-corrected chi connectivity index (χ2v) is 5.15. The number of phenolic OH excluding ortho intramolecular Hbond substituents is 1. The Morgan fingerprint density at radius 2 is 2.00 bits per heavy atom. The van der Waals surface area contributed by atoms with Gasteiger partial charge in [0.15, 0.2) is 5.13 Å². The Morgan fingerprint density at radius 3 is 2.62 bits per heavy atom. The van der Waals surface area contributed by atoms with Crippen molar-refractivity contribution in [1.29, 1.82) is 0 Å². The third-order valence-electron chi connectivity index (χ3n) is 2.61. The Balaban J connectivity index is 2.13. The minimum Gasteiger partial charge on any atom is -0.508 e. The summed E-state index contributed by atoms with van der Waals surface area (Å²) in [6.07, 6.45) is 0. The molecule has 110 valence electrons. The fourth-order valence-electron chi connectivity index (χ4n) is 1.62. The van der Waals surface area contributed by atoms with Crippen LogP contribution >= 0.6 is 11.3 Å². The molecule has 0 bridgehead atoms. The van der Waals surface area contributed by atoms with Crippen LogP contribution < -0.4 is 5.32 Å². The van der Waals surface area contributed by atoms with Crippen LogP contribution in [0.2, 0.25) is 0 Å². The second kappa shape index (κ2) is 6.36. The zero-order valence-corrected chi connectivity index (χ0v) is 12.4. The molecule has 1 heterocycles. The molecule has 6 nitrogen and oxygen atoms in total. The number of nitrogens with one attached hydrogen (secondary N) is 1. The zero-order valence-electron chi connectivity index (χ0n) is 11.5. The van der Waals surface area contributed by atoms with E-state index >= 15 is 0 Å². The topological polar surface area (TPSA) is 88.5 Å². The summed E-state index contributed by atoms with van der Waals surface area (Å²) in [6.45, 7) is 3.69. The van der Waals surface area contributed by atoms with Crippen molar-refractivity contribution in [2.75, 3.05) is 11.9 Å². The maximum atomic E-state index is 12.0. The number of aromatic nitrogens is 1. The number of rotatable bonds is 4. The Hall–Kier alpha value is -2.41. The van der Waals surface area contributed by atoms with Gasteiger partial charge in [0.05, 0.1) is 12.3 Å². The number of hydrogen-bond donors (Lipinski definition) is 2. The minimum atomic E-state index is -0.447. The van der Waals surface area contributed by atoms with E-state index in [1.165, 1.54) is 24.3 Å². The molecule has 0 atom stereocenters. The summed E-state index contributed by atoms with van der Waals surface area (Å²) in [5, 5.41) is 12.1. The van der Waals surface area contributed by atoms with Gasteiger partial charge < -0.3 is 9.84 Å². The highest BCUT2D eigenvalue weighted by Gasteiger charge is 2.17. The standard InChI is InChI=1S/C14H14N2O4S/c1-3-20-13(19)11-8(2)15-14(21-11)16-12(18)9-4-6-10(17)7-5-9/h4-7,17H,3H2,1-2H3,(H,15,16,18). The third kappa shape index (κ3) is 3.57. The monoisotopic (exact) mass is 306 g/mol. The lowest BCUT2D eigenvalue weighted by Crippen LogP contribution is -2.11. The fourth-order valence-corrected chi connectivity index (χ4v) is 2.47. The molecule has 2 rings (SSSR count). The first-order chi connectivity index (χ1) is 10.0. The summed E-state index contributed by atoms with van der Waals surface area (Å²) in [7, 11) is 0. The number of carbonyl (C=O) groups excluding carboxylic acids is 2. The van der Waals surface area contributed by atoms with Crippen molar-refractivity contribution in [2.45, 2.75) is 13.8 Å². The minimum absolute atomic E-state index is 0.0845. The number of carbonyl (C=O) groups is 2. The van der Waals surface area contributed by atoms with Crippen molar-refractivity contribution in [3.8, 4) is 5.75 Å². The average Bonchev–Trinajstić information content (AvgIpc) is 2.80. The number of thiazole rings is 1. The highest BCUT2D eigenvalue weighted by Crippen LogP contribution is 2.24. The molecule has 1 amide bonds. The number of esters is 1. The van der Waals surface area contributed by atoms with E-state index in [2.05, 4.69) is 10.3 Å². The van der Waals surface area contributed by atoms with Crippen molar-refractivity contribution >= 4 is 28.3 Å². The summed E-state index contributed by atoms with van der Waals surface area (Å²) < 4.78 is 4.92. The lowest BCUT2D eigenvalue weighted by atomic mass is 10.2. The number of phenols is 1. The van der Waals surface area contributed by atoms with Gasteiger partial charge >= 0.3 is 5.97 Å². The quantitative estimate of drug-likeness (QED) is 0.848. The molecule has 0 spiro atoms. The van der Waals surface area contributed by atoms with Gasteiger partial charge in [0.2, 0.25) is 0 Å². The van der Waals surface area contributed by atoms with Crippen molar-refractivity contribution < 1.29 is 19.4 Å². The normalized spacial score (nSPS) is 10.2. The molecule has 0 radical (unpaired) electrons. The van der Waals surface area contributed by atoms with Crippen LogP contribution in [0.1, 0.15) is 32.6 Å². The number of aromatic hydroxyl groups is 1. The largest absolute Gasteiger partial charge is 0.508 e. The molecule has 0 unspecified atom stereocenters. The van der Waals surface area contributed by atoms with Gasteiger partial charge in [0, 0.05) is 5.56 Å². The number of nitrogens with zero attached hydrogens (tertiary/aromatic N) is 1. The molecule has 0 saturated carbocycles. The van der Waals surface area contributed by atoms with E-state index in [1.54, 1.807) is 13.8 Å². The predicted molar refractivity (Wildman–Crippen MR) is 78.9 cm³/mol. The zero-order chi connectivity index (χ0) is 15.4. The predicted octanol–water partition coefficient (Wildman–Crippen LogP) is 2.59. The van der Waals surface area contributed by atoms with E-state index in [0.29, 0.717) is 21.3 Å². The number of amides is 1. The van der Waals surface area contributed by atoms with E-state index in [4.69, 9.17) is 4.74 Å². The van der Waals surface area contributed by atoms with Crippen LogP contribution in [-0.2, 0) is 4.74 Å². The molecule has 0 saturated heterocycles. The van der Waals surface area contributed by atoms with E-state index in [0.717, 1.165) is 11.3 Å². The molecule has 2 aromatic rings. The van der Waals surface area contributed by atoms with Crippen LogP contribution in [0.4, 0.5) is 5.13 Å². The molecular weight excluding hydrogens is 292 g/mol. The Bertz CT molecular complexity index is 664. The summed E-state index contributed by atoms with van der Waals surface area (Å²) in [5.41, 5.74) is 0.901. The van der Waals surface area contributed by atoms with Crippen LogP contribution in [0.15, 0.2) is 24.3 Å². The first-order valence-corrected chi connectivity index (χ1v) is 7.08. The van der Waals surface area contributed by atoms with Crippen LogP contribution in [-0.4, -0.2) is 28.6 Å². The van der Waals surface area contributed by atoms with Gasteiger partial charge in [-0.2, -0.15) is 0 Å². The smallest absolute Gasteiger partial charge is 0.350 e. The van der Waals surface area contributed by atoms with Crippen molar-refractivity contribution in [3.63, 3.8) is 0 Å². The molecular formula is C14H14N2O4S. The molecule has 21 heavy (non-hydrogen) atoms. The van der Waals surface area contributed by atoms with Gasteiger partial charge in [0.25, 0.3) is 5.91 Å². The van der Waals surface area contributed by atoms with Gasteiger partial charge in [-0.05, 0) is 38.1 Å². The summed E-state index contributed by atoms with van der Waals surface area (Å²) >= 11 is 1.07. The molecule has 2 N–H and O–H groups in total. The van der Waals surface area contributed by atoms with Crippen molar-refractivity contribution in [2.24, 2.45) is 0 Å². The number of ether oxygens (including phenoxy) is 1. The number of benzene rings is 1. The van der Waals surface area contributed by atoms with Crippen LogP contribution in [0.3, 0.4) is 0 Å². The van der Waals surface area contributed by atoms with E-state index in [9.17, 15) is 14.7 Å². The van der Waals surface area contributed by atoms with Gasteiger partial charge in [-0.1, -0.05) is 11.3 Å². The second-order valence-electron chi connectivity index (χ2n) is 4.16.